The van der Waals surface area contributed by atoms with Gasteiger partial charge in [0.1, 0.15) is 5.56 Å². The lowest BCUT2D eigenvalue weighted by Crippen LogP contribution is -2.36. The largest absolute Gasteiger partial charge is 0.548 e. The van der Waals surface area contributed by atoms with Crippen molar-refractivity contribution in [2.75, 3.05) is 0 Å². The maximum atomic E-state index is 11.9. The van der Waals surface area contributed by atoms with E-state index in [2.05, 4.69) is 15.0 Å². The molecule has 0 saturated carbocycles. The minimum atomic E-state index is -1.38. The number of para-hydroxylation sites is 1. The zero-order chi connectivity index (χ0) is 18.8. The summed E-state index contributed by atoms with van der Waals surface area (Å²) >= 11 is 4.88. The van der Waals surface area contributed by atoms with Crippen molar-refractivity contribution in [2.24, 2.45) is 12.0 Å². The van der Waals surface area contributed by atoms with Gasteiger partial charge >= 0.3 is 0 Å². The Kier molecular flexibility index (Phi) is 4.72. The van der Waals surface area contributed by atoms with Gasteiger partial charge in [-0.3, -0.25) is 19.3 Å². The fraction of sp³-hybridized carbons (Fsp3) is 0.176. The van der Waals surface area contributed by atoms with Crippen molar-refractivity contribution in [1.82, 2.24) is 14.5 Å². The Morgan fingerprint density at radius 1 is 1.46 bits per heavy atom. The van der Waals surface area contributed by atoms with E-state index in [0.717, 1.165) is 22.7 Å². The van der Waals surface area contributed by atoms with E-state index in [1.54, 1.807) is 6.20 Å². The van der Waals surface area contributed by atoms with Gasteiger partial charge in [0, 0.05) is 36.8 Å². The summed E-state index contributed by atoms with van der Waals surface area (Å²) in [6, 6.07) is 6.25. The number of rotatable bonds is 5. The number of carbonyl (C=O) groups is 1. The normalized spacial score (nSPS) is 12.7. The molecule has 0 aliphatic carbocycles. The van der Waals surface area contributed by atoms with Gasteiger partial charge in [-0.2, -0.15) is 0 Å². The molecule has 0 aliphatic heterocycles. The number of aliphatic carboxylic acids is 1. The van der Waals surface area contributed by atoms with Crippen molar-refractivity contribution in [3.05, 3.63) is 56.7 Å². The molecule has 3 aromatic rings. The lowest BCUT2D eigenvalue weighted by Gasteiger charge is -2.13. The van der Waals surface area contributed by atoms with E-state index in [1.165, 1.54) is 11.6 Å². The summed E-state index contributed by atoms with van der Waals surface area (Å²) in [5.41, 5.74) is 0.812. The molecular weight excluding hydrogens is 356 g/mol. The summed E-state index contributed by atoms with van der Waals surface area (Å²) < 4.78 is 1.23. The third-order valence-electron chi connectivity index (χ3n) is 4.07. The number of nitrogens with zero attached hydrogens (tertiary/aromatic N) is 2. The number of aromatic hydroxyl groups is 1. The molecule has 0 amide bonds. The highest BCUT2D eigenvalue weighted by Crippen LogP contribution is 2.20. The summed E-state index contributed by atoms with van der Waals surface area (Å²) in [4.78, 5) is 32.8. The maximum absolute atomic E-state index is 11.9. The average Bonchev–Trinajstić information content (AvgIpc) is 3.01. The number of carbonyl (C=O) groups excluding carboxylic acids is 1. The fourth-order valence-electron chi connectivity index (χ4n) is 2.61. The summed E-state index contributed by atoms with van der Waals surface area (Å²) in [5, 5.41) is 22.4. The highest BCUT2D eigenvalue weighted by Gasteiger charge is 2.14. The van der Waals surface area contributed by atoms with E-state index in [9.17, 15) is 19.8 Å². The Balaban J connectivity index is 1.94. The molecule has 0 fully saturated rings. The molecule has 0 aliphatic rings. The summed E-state index contributed by atoms with van der Waals surface area (Å²) in [7, 11) is 1.47. The van der Waals surface area contributed by atoms with Crippen LogP contribution in [0, 0.1) is 4.77 Å². The standard InChI is InChI=1S/C17H16N4O4S/c1-21-15(23)11(14(22)20-17(21)26)8-19-13(16(24)25)6-9-7-18-12-5-3-2-4-10(9)12/h2-5,7-8,13,18,23H,6H2,1H3,(H,24,25)(H,20,22,26)/p-1/t13-/m1/s1. The average molecular weight is 371 g/mol. The number of H-pyrrole nitrogens is 2. The van der Waals surface area contributed by atoms with Crippen LogP contribution in [-0.4, -0.2) is 37.9 Å². The monoisotopic (exact) mass is 371 g/mol. The highest BCUT2D eigenvalue weighted by molar-refractivity contribution is 7.71. The van der Waals surface area contributed by atoms with Crippen molar-refractivity contribution < 1.29 is 15.0 Å². The number of aliphatic imine (C=N–C) groups is 1. The molecule has 3 rings (SSSR count). The Labute approximate surface area is 152 Å². The first-order chi connectivity index (χ1) is 12.4. The first-order valence-electron chi connectivity index (χ1n) is 7.69. The number of carboxylic acids is 1. The third-order valence-corrected chi connectivity index (χ3v) is 4.45. The van der Waals surface area contributed by atoms with E-state index < -0.39 is 23.5 Å². The molecule has 1 atom stereocenters. The molecule has 0 bridgehead atoms. The van der Waals surface area contributed by atoms with Crippen LogP contribution in [0.25, 0.3) is 10.9 Å². The molecule has 1 aromatic carbocycles. The second kappa shape index (κ2) is 6.96. The predicted octanol–water partition coefficient (Wildman–Crippen LogP) is 0.410. The number of hydrogen-bond donors (Lipinski definition) is 3. The molecule has 2 heterocycles. The topological polar surface area (TPSA) is 126 Å². The molecule has 0 spiro atoms. The van der Waals surface area contributed by atoms with Crippen LogP contribution in [-0.2, 0) is 18.3 Å². The number of fused-ring (bicyclic) bond motifs is 1. The van der Waals surface area contributed by atoms with E-state index in [1.807, 2.05) is 24.3 Å². The number of aromatic nitrogens is 3. The Hall–Kier alpha value is -3.20. The SMILES string of the molecule is Cn1c(O)c(C=N[C@H](Cc2c[nH]c3ccccc23)C(=O)[O-])c(=O)[nH]c1=S. The third kappa shape index (κ3) is 3.29. The Morgan fingerprint density at radius 3 is 2.92 bits per heavy atom. The molecule has 0 radical (unpaired) electrons. The second-order valence-electron chi connectivity index (χ2n) is 5.73. The molecule has 26 heavy (non-hydrogen) atoms. The zero-order valence-corrected chi connectivity index (χ0v) is 14.5. The van der Waals surface area contributed by atoms with Crippen LogP contribution in [0.5, 0.6) is 5.88 Å². The van der Waals surface area contributed by atoms with Gasteiger partial charge in [-0.1, -0.05) is 18.2 Å². The Morgan fingerprint density at radius 2 is 2.19 bits per heavy atom. The Bertz CT molecular complexity index is 1130. The number of benzene rings is 1. The number of aromatic amines is 2. The van der Waals surface area contributed by atoms with Crippen LogP contribution in [0.3, 0.4) is 0 Å². The quantitative estimate of drug-likeness (QED) is 0.442. The predicted molar refractivity (Wildman–Crippen MR) is 96.9 cm³/mol. The molecule has 0 unspecified atom stereocenters. The fourth-order valence-corrected chi connectivity index (χ4v) is 2.79. The first kappa shape index (κ1) is 17.6. The maximum Gasteiger partial charge on any atom is 0.264 e. The minimum Gasteiger partial charge on any atom is -0.548 e. The van der Waals surface area contributed by atoms with Gasteiger partial charge in [0.05, 0.1) is 12.0 Å². The van der Waals surface area contributed by atoms with Gasteiger partial charge in [-0.15, -0.1) is 0 Å². The number of nitrogens with one attached hydrogen (secondary N) is 2. The molecule has 134 valence electrons. The van der Waals surface area contributed by atoms with Crippen LogP contribution in [0.4, 0.5) is 0 Å². The molecule has 2 aromatic heterocycles. The van der Waals surface area contributed by atoms with Crippen LogP contribution in [0.2, 0.25) is 0 Å². The lowest BCUT2D eigenvalue weighted by atomic mass is 10.1. The van der Waals surface area contributed by atoms with Crippen molar-refractivity contribution in [3.8, 4) is 5.88 Å². The van der Waals surface area contributed by atoms with E-state index in [4.69, 9.17) is 12.2 Å². The number of hydrogen-bond acceptors (Lipinski definition) is 6. The van der Waals surface area contributed by atoms with Crippen molar-refractivity contribution in [3.63, 3.8) is 0 Å². The van der Waals surface area contributed by atoms with Crippen LogP contribution < -0.4 is 10.7 Å². The summed E-state index contributed by atoms with van der Waals surface area (Å²) in [5.74, 6) is -1.78. The molecule has 9 heteroatoms. The smallest absolute Gasteiger partial charge is 0.264 e. The van der Waals surface area contributed by atoms with Gasteiger partial charge < -0.3 is 20.0 Å². The zero-order valence-electron chi connectivity index (χ0n) is 13.7. The first-order valence-corrected chi connectivity index (χ1v) is 8.10. The van der Waals surface area contributed by atoms with Crippen molar-refractivity contribution in [2.45, 2.75) is 12.5 Å². The van der Waals surface area contributed by atoms with Crippen molar-refractivity contribution in [1.29, 1.82) is 0 Å². The highest BCUT2D eigenvalue weighted by atomic mass is 32.1. The van der Waals surface area contributed by atoms with Gasteiger partial charge in [0.25, 0.3) is 5.56 Å². The van der Waals surface area contributed by atoms with Crippen molar-refractivity contribution >= 4 is 35.3 Å². The minimum absolute atomic E-state index is 0.0416. The van der Waals surface area contributed by atoms with Gasteiger partial charge in [-0.05, 0) is 23.8 Å². The van der Waals surface area contributed by atoms with E-state index >= 15 is 0 Å². The molecule has 3 N–H and O–H groups in total. The van der Waals surface area contributed by atoms with E-state index in [0.29, 0.717) is 0 Å². The second-order valence-corrected chi connectivity index (χ2v) is 6.12. The van der Waals surface area contributed by atoms with Crippen LogP contribution in [0.1, 0.15) is 11.1 Å². The lowest BCUT2D eigenvalue weighted by molar-refractivity contribution is -0.307. The van der Waals surface area contributed by atoms with Gasteiger partial charge in [0.2, 0.25) is 5.88 Å². The van der Waals surface area contributed by atoms with Crippen LogP contribution in [0.15, 0.2) is 40.2 Å². The molecule has 8 nitrogen and oxygen atoms in total. The van der Waals surface area contributed by atoms with E-state index in [-0.39, 0.29) is 16.8 Å². The van der Waals surface area contributed by atoms with Crippen LogP contribution >= 0.6 is 12.2 Å². The summed E-state index contributed by atoms with van der Waals surface area (Å²) in [6.07, 6.45) is 2.82. The molecule has 0 saturated heterocycles. The van der Waals surface area contributed by atoms with Gasteiger partial charge in [-0.25, -0.2) is 0 Å². The molecular formula is C17H15N4O4S-. The van der Waals surface area contributed by atoms with Gasteiger partial charge in [0.15, 0.2) is 4.77 Å². The number of carboxylic acid groups (broad SMARTS) is 1. The summed E-state index contributed by atoms with van der Waals surface area (Å²) in [6.45, 7) is 0.